The molecule has 1 N–H and O–H groups in total. The molecule has 3 rings (SSSR count). The Morgan fingerprint density at radius 3 is 2.47 bits per heavy atom. The molecule has 3 aromatic rings. The molecule has 0 fully saturated rings. The Bertz CT molecular complexity index is 1100. The van der Waals surface area contributed by atoms with Gasteiger partial charge in [0.05, 0.1) is 12.9 Å². The molecule has 0 saturated heterocycles. The summed E-state index contributed by atoms with van der Waals surface area (Å²) in [5, 5.41) is 12.5. The van der Waals surface area contributed by atoms with Gasteiger partial charge in [0, 0.05) is 18.3 Å². The minimum absolute atomic E-state index is 0.0700. The summed E-state index contributed by atoms with van der Waals surface area (Å²) in [5.41, 5.74) is 1.97. The summed E-state index contributed by atoms with van der Waals surface area (Å²) in [7, 11) is 1.63. The van der Waals surface area contributed by atoms with Crippen molar-refractivity contribution in [3.8, 4) is 11.5 Å². The highest BCUT2D eigenvalue weighted by atomic mass is 32.2. The van der Waals surface area contributed by atoms with E-state index in [-0.39, 0.29) is 17.8 Å². The number of carbonyl (C=O) groups excluding carboxylic acids is 1. The molecule has 0 bridgehead atoms. The fourth-order valence-corrected chi connectivity index (χ4v) is 4.36. The summed E-state index contributed by atoms with van der Waals surface area (Å²) in [4.78, 5) is 12.7. The van der Waals surface area contributed by atoms with Gasteiger partial charge in [-0.15, -0.1) is 10.2 Å². The lowest BCUT2D eigenvalue weighted by Gasteiger charge is -2.18. The second-order valence-corrected chi connectivity index (χ2v) is 9.81. The van der Waals surface area contributed by atoms with E-state index in [2.05, 4.69) is 47.8 Å². The minimum Gasteiger partial charge on any atom is -0.497 e. The molecule has 0 aliphatic rings. The fourth-order valence-electron chi connectivity index (χ4n) is 3.61. The number of methoxy groups -OCH3 is 1. The molecule has 0 spiro atoms. The molecular weight excluding hydrogens is 448 g/mol. The van der Waals surface area contributed by atoms with Crippen LogP contribution >= 0.6 is 11.8 Å². The zero-order valence-corrected chi connectivity index (χ0v) is 21.6. The van der Waals surface area contributed by atoms with E-state index in [1.54, 1.807) is 7.11 Å². The minimum atomic E-state index is -0.320. The third-order valence-corrected chi connectivity index (χ3v) is 6.17. The first-order valence-electron chi connectivity index (χ1n) is 11.5. The molecule has 34 heavy (non-hydrogen) atoms. The van der Waals surface area contributed by atoms with Crippen LogP contribution in [-0.4, -0.2) is 33.5 Å². The summed E-state index contributed by atoms with van der Waals surface area (Å²) in [6.45, 7) is 11.2. The van der Waals surface area contributed by atoms with Gasteiger partial charge in [0.25, 0.3) is 0 Å². The second-order valence-electron chi connectivity index (χ2n) is 8.86. The van der Waals surface area contributed by atoms with Crippen LogP contribution in [0.2, 0.25) is 0 Å². The molecule has 1 atom stereocenters. The van der Waals surface area contributed by atoms with Gasteiger partial charge in [-0.05, 0) is 42.5 Å². The van der Waals surface area contributed by atoms with Gasteiger partial charge >= 0.3 is 0 Å². The van der Waals surface area contributed by atoms with Gasteiger partial charge < -0.3 is 19.4 Å². The van der Waals surface area contributed by atoms with Crippen LogP contribution in [-0.2, 0) is 11.3 Å². The normalized spacial score (nSPS) is 12.1. The smallest absolute Gasteiger partial charge is 0.234 e. The number of para-hydroxylation sites is 1. The molecule has 2 aromatic carbocycles. The molecule has 1 amide bonds. The lowest BCUT2D eigenvalue weighted by atomic mass is 10.0. The molecule has 0 aliphatic heterocycles. The Hall–Kier alpha value is -3.00. The number of thioether (sulfide) groups is 1. The van der Waals surface area contributed by atoms with Crippen LogP contribution in [0.15, 0.2) is 53.7 Å². The quantitative estimate of drug-likeness (QED) is 0.341. The average Bonchev–Trinajstić information content (AvgIpc) is 3.19. The van der Waals surface area contributed by atoms with Gasteiger partial charge in [0.15, 0.2) is 17.1 Å². The second kappa shape index (κ2) is 11.9. The van der Waals surface area contributed by atoms with E-state index in [4.69, 9.17) is 9.47 Å². The highest BCUT2D eigenvalue weighted by Gasteiger charge is 2.21. The third kappa shape index (κ3) is 6.76. The summed E-state index contributed by atoms with van der Waals surface area (Å²) in [6.07, 6.45) is -0.320. The van der Waals surface area contributed by atoms with Gasteiger partial charge in [-0.3, -0.25) is 4.79 Å². The standard InChI is InChI=1S/C26H34N4O3S/c1-17(2)15-30-25(19(5)33-21-11-9-10-20(14-21)32-6)28-29-26(30)34-16-24(31)27-23-13-8-7-12-22(23)18(3)4/h7-14,17-19H,15-16H2,1-6H3,(H,27,31). The highest BCUT2D eigenvalue weighted by Crippen LogP contribution is 2.28. The highest BCUT2D eigenvalue weighted by molar-refractivity contribution is 7.99. The Morgan fingerprint density at radius 2 is 1.76 bits per heavy atom. The predicted molar refractivity (Wildman–Crippen MR) is 137 cm³/mol. The van der Waals surface area contributed by atoms with Crippen molar-refractivity contribution in [3.05, 3.63) is 59.9 Å². The van der Waals surface area contributed by atoms with E-state index >= 15 is 0 Å². The average molecular weight is 483 g/mol. The van der Waals surface area contributed by atoms with Crippen molar-refractivity contribution in [3.63, 3.8) is 0 Å². The summed E-state index contributed by atoms with van der Waals surface area (Å²) < 4.78 is 13.5. The summed E-state index contributed by atoms with van der Waals surface area (Å²) in [6, 6.07) is 15.4. The number of hydrogen-bond donors (Lipinski definition) is 1. The van der Waals surface area contributed by atoms with E-state index in [9.17, 15) is 4.79 Å². The Balaban J connectivity index is 1.71. The first-order valence-corrected chi connectivity index (χ1v) is 12.5. The maximum Gasteiger partial charge on any atom is 0.234 e. The molecule has 1 heterocycles. The molecule has 182 valence electrons. The fraction of sp³-hybridized carbons (Fsp3) is 0.423. The van der Waals surface area contributed by atoms with Crippen LogP contribution in [0.5, 0.6) is 11.5 Å². The number of benzene rings is 2. The first kappa shape index (κ1) is 25.6. The van der Waals surface area contributed by atoms with Crippen molar-refractivity contribution in [2.75, 3.05) is 18.2 Å². The lowest BCUT2D eigenvalue weighted by Crippen LogP contribution is -2.17. The van der Waals surface area contributed by atoms with Crippen molar-refractivity contribution in [1.82, 2.24) is 14.8 Å². The number of hydrogen-bond acceptors (Lipinski definition) is 6. The van der Waals surface area contributed by atoms with E-state index in [0.717, 1.165) is 29.4 Å². The van der Waals surface area contributed by atoms with Gasteiger partial charge in [-0.2, -0.15) is 0 Å². The maximum absolute atomic E-state index is 12.7. The van der Waals surface area contributed by atoms with Crippen LogP contribution < -0.4 is 14.8 Å². The van der Waals surface area contributed by atoms with Crippen LogP contribution in [0.3, 0.4) is 0 Å². The van der Waals surface area contributed by atoms with Gasteiger partial charge in [0.2, 0.25) is 5.91 Å². The Kier molecular flexibility index (Phi) is 8.98. The van der Waals surface area contributed by atoms with Gasteiger partial charge in [-0.1, -0.05) is 63.7 Å². The number of carbonyl (C=O) groups is 1. The molecule has 8 heteroatoms. The monoisotopic (exact) mass is 482 g/mol. The number of amides is 1. The lowest BCUT2D eigenvalue weighted by molar-refractivity contribution is -0.113. The Morgan fingerprint density at radius 1 is 1.03 bits per heavy atom. The molecular formula is C26H34N4O3S. The van der Waals surface area contributed by atoms with Crippen LogP contribution in [0.1, 0.15) is 58.0 Å². The predicted octanol–water partition coefficient (Wildman–Crippen LogP) is 5.94. The zero-order chi connectivity index (χ0) is 24.7. The van der Waals surface area contributed by atoms with Crippen molar-refractivity contribution in [2.45, 2.75) is 58.3 Å². The number of anilines is 1. The molecule has 0 radical (unpaired) electrons. The summed E-state index contributed by atoms with van der Waals surface area (Å²) >= 11 is 1.38. The van der Waals surface area contributed by atoms with Gasteiger partial charge in [0.1, 0.15) is 11.5 Å². The largest absolute Gasteiger partial charge is 0.497 e. The van der Waals surface area contributed by atoms with E-state index in [1.807, 2.05) is 55.5 Å². The summed E-state index contributed by atoms with van der Waals surface area (Å²) in [5.74, 6) is 3.03. The van der Waals surface area contributed by atoms with Crippen molar-refractivity contribution in [1.29, 1.82) is 0 Å². The van der Waals surface area contributed by atoms with Crippen LogP contribution in [0.25, 0.3) is 0 Å². The van der Waals surface area contributed by atoms with Crippen LogP contribution in [0, 0.1) is 5.92 Å². The van der Waals surface area contributed by atoms with Gasteiger partial charge in [-0.25, -0.2) is 0 Å². The zero-order valence-electron chi connectivity index (χ0n) is 20.7. The molecule has 1 aromatic heterocycles. The van der Waals surface area contributed by atoms with Crippen molar-refractivity contribution >= 4 is 23.4 Å². The van der Waals surface area contributed by atoms with E-state index in [1.165, 1.54) is 11.8 Å². The third-order valence-electron chi connectivity index (χ3n) is 5.20. The number of nitrogens with one attached hydrogen (secondary N) is 1. The topological polar surface area (TPSA) is 78.3 Å². The van der Waals surface area contributed by atoms with Crippen molar-refractivity contribution < 1.29 is 14.3 Å². The molecule has 7 nitrogen and oxygen atoms in total. The maximum atomic E-state index is 12.7. The number of nitrogens with zero attached hydrogens (tertiary/aromatic N) is 3. The molecule has 0 aliphatic carbocycles. The molecule has 1 unspecified atom stereocenters. The van der Waals surface area contributed by atoms with E-state index in [0.29, 0.717) is 22.7 Å². The Labute approximate surface area is 206 Å². The molecule has 0 saturated carbocycles. The SMILES string of the molecule is COc1cccc(OC(C)c2nnc(SCC(=O)Nc3ccccc3C(C)C)n2CC(C)C)c1. The first-order chi connectivity index (χ1) is 16.3. The van der Waals surface area contributed by atoms with E-state index < -0.39 is 0 Å². The van der Waals surface area contributed by atoms with Crippen molar-refractivity contribution in [2.24, 2.45) is 5.92 Å². The number of ether oxygens (including phenoxy) is 2. The number of rotatable bonds is 11. The number of aromatic nitrogens is 3. The van der Waals surface area contributed by atoms with Crippen LogP contribution in [0.4, 0.5) is 5.69 Å².